The molecule has 6 rings (SSSR count). The zero-order valence-corrected chi connectivity index (χ0v) is 28.3. The van der Waals surface area contributed by atoms with E-state index in [2.05, 4.69) is 63.7 Å². The number of ether oxygens (including phenoxy) is 1. The van der Waals surface area contributed by atoms with Crippen molar-refractivity contribution in [2.24, 2.45) is 0 Å². The first kappa shape index (κ1) is 32.5. The van der Waals surface area contributed by atoms with E-state index in [4.69, 9.17) is 14.7 Å². The summed E-state index contributed by atoms with van der Waals surface area (Å²) in [5.74, 6) is 1.37. The second-order valence-corrected chi connectivity index (χ2v) is 14.2. The van der Waals surface area contributed by atoms with E-state index in [-0.39, 0.29) is 18.4 Å². The van der Waals surface area contributed by atoms with Crippen LogP contribution in [0.4, 0.5) is 16.3 Å². The summed E-state index contributed by atoms with van der Waals surface area (Å²) in [6.45, 7) is 9.65. The molecule has 1 atom stereocenters. The Labute approximate surface area is 277 Å². The summed E-state index contributed by atoms with van der Waals surface area (Å²) in [6, 6.07) is 16.7. The number of carbonyl (C=O) groups excluding carboxylic acids is 2. The summed E-state index contributed by atoms with van der Waals surface area (Å²) in [6.07, 6.45) is 1.93. The van der Waals surface area contributed by atoms with Crippen molar-refractivity contribution in [1.29, 1.82) is 5.26 Å². The fourth-order valence-electron chi connectivity index (χ4n) is 6.70. The van der Waals surface area contributed by atoms with Crippen LogP contribution in [0.3, 0.4) is 0 Å². The summed E-state index contributed by atoms with van der Waals surface area (Å²) in [5.41, 5.74) is 1.80. The quantitative estimate of drug-likeness (QED) is 0.387. The zero-order chi connectivity index (χ0) is 33.3. The molecule has 0 spiro atoms. The van der Waals surface area contributed by atoms with Gasteiger partial charge in [0, 0.05) is 55.9 Å². The molecule has 1 saturated heterocycles. The standard InChI is InChI=1S/C36H46N8O3/c1-35(2,3)47-34(46)44-22-21-43(23-26(44)13-17-37)31-28-14-19-42(30-12-8-10-25-9-6-7-11-27(25)30)24-29(28)39-32(40-31)36(15-16-36)33(45)38-18-20-41(4)5/h6-12,26H,13-16,18-24H2,1-5H3,(H,38,45)/t26-/m0/s1. The molecule has 2 fully saturated rings. The van der Waals surface area contributed by atoms with Gasteiger partial charge in [0.2, 0.25) is 5.91 Å². The highest BCUT2D eigenvalue weighted by Gasteiger charge is 2.54. The topological polar surface area (TPSA) is 118 Å². The predicted octanol–water partition coefficient (Wildman–Crippen LogP) is 4.24. The highest BCUT2D eigenvalue weighted by atomic mass is 16.6. The number of nitrogens with one attached hydrogen (secondary N) is 1. The molecule has 3 aromatic rings. The Morgan fingerprint density at radius 3 is 2.55 bits per heavy atom. The van der Waals surface area contributed by atoms with Gasteiger partial charge in [0.15, 0.2) is 0 Å². The van der Waals surface area contributed by atoms with Gasteiger partial charge in [-0.2, -0.15) is 5.26 Å². The van der Waals surface area contributed by atoms with Crippen LogP contribution >= 0.6 is 0 Å². The number of rotatable bonds is 8. The fourth-order valence-corrected chi connectivity index (χ4v) is 6.70. The van der Waals surface area contributed by atoms with Crippen LogP contribution in [-0.2, 0) is 27.9 Å². The van der Waals surface area contributed by atoms with E-state index in [0.29, 0.717) is 51.4 Å². The molecule has 0 bridgehead atoms. The summed E-state index contributed by atoms with van der Waals surface area (Å²) in [4.78, 5) is 45.4. The van der Waals surface area contributed by atoms with Gasteiger partial charge in [0.05, 0.1) is 30.8 Å². The van der Waals surface area contributed by atoms with Crippen LogP contribution in [-0.4, -0.2) is 96.8 Å². The summed E-state index contributed by atoms with van der Waals surface area (Å²) in [7, 11) is 3.98. The number of amides is 2. The lowest BCUT2D eigenvalue weighted by Crippen LogP contribution is -2.56. The molecule has 1 aliphatic carbocycles. The minimum atomic E-state index is -0.748. The van der Waals surface area contributed by atoms with Crippen molar-refractivity contribution in [3.05, 3.63) is 59.5 Å². The lowest BCUT2D eigenvalue weighted by molar-refractivity contribution is -0.123. The maximum atomic E-state index is 13.6. The molecule has 1 N–H and O–H groups in total. The zero-order valence-electron chi connectivity index (χ0n) is 28.3. The van der Waals surface area contributed by atoms with Gasteiger partial charge in [0.1, 0.15) is 22.7 Å². The third-order valence-corrected chi connectivity index (χ3v) is 9.35. The number of fused-ring (bicyclic) bond motifs is 2. The summed E-state index contributed by atoms with van der Waals surface area (Å²) in [5, 5.41) is 15.2. The number of benzene rings is 2. The molecule has 0 radical (unpaired) electrons. The first-order valence-corrected chi connectivity index (χ1v) is 16.7. The lowest BCUT2D eigenvalue weighted by Gasteiger charge is -2.42. The number of hydrogen-bond acceptors (Lipinski definition) is 9. The van der Waals surface area contributed by atoms with Crippen LogP contribution in [0, 0.1) is 11.3 Å². The average Bonchev–Trinajstić information content (AvgIpc) is 3.85. The number of nitrogens with zero attached hydrogens (tertiary/aromatic N) is 7. The molecule has 11 nitrogen and oxygen atoms in total. The van der Waals surface area contributed by atoms with Crippen LogP contribution in [0.1, 0.15) is 57.1 Å². The molecule has 1 saturated carbocycles. The van der Waals surface area contributed by atoms with Crippen molar-refractivity contribution in [2.75, 3.05) is 63.2 Å². The fraction of sp³-hybridized carbons (Fsp3) is 0.528. The molecular weight excluding hydrogens is 592 g/mol. The molecule has 0 unspecified atom stereocenters. The lowest BCUT2D eigenvalue weighted by atomic mass is 9.99. The SMILES string of the molecule is CN(C)CCNC(=O)C1(c2nc3c(c(N4CCN(C(=O)OC(C)(C)C)[C@@H](CC#N)C4)n2)CCN(c2cccc4ccccc24)C3)CC1. The minimum absolute atomic E-state index is 0.0240. The van der Waals surface area contributed by atoms with Crippen molar-refractivity contribution in [2.45, 2.75) is 70.1 Å². The number of carbonyl (C=O) groups is 2. The van der Waals surface area contributed by atoms with E-state index in [9.17, 15) is 14.9 Å². The van der Waals surface area contributed by atoms with E-state index < -0.39 is 17.1 Å². The second kappa shape index (κ2) is 13.0. The van der Waals surface area contributed by atoms with Crippen LogP contribution in [0.5, 0.6) is 0 Å². The van der Waals surface area contributed by atoms with E-state index in [1.807, 2.05) is 39.8 Å². The number of likely N-dealkylation sites (N-methyl/N-ethyl adjacent to an activating group) is 1. The Balaban J connectivity index is 1.35. The molecule has 2 amide bonds. The van der Waals surface area contributed by atoms with Gasteiger partial charge in [-0.3, -0.25) is 4.79 Å². The van der Waals surface area contributed by atoms with Crippen molar-refractivity contribution >= 4 is 34.3 Å². The molecule has 2 aliphatic heterocycles. The molecule has 3 heterocycles. The molecule has 47 heavy (non-hydrogen) atoms. The van der Waals surface area contributed by atoms with Gasteiger partial charge < -0.3 is 29.7 Å². The first-order chi connectivity index (χ1) is 22.5. The number of nitriles is 1. The van der Waals surface area contributed by atoms with E-state index in [0.717, 1.165) is 42.3 Å². The Hall–Kier alpha value is -4.43. The maximum absolute atomic E-state index is 13.6. The maximum Gasteiger partial charge on any atom is 0.410 e. The molecule has 2 aromatic carbocycles. The Morgan fingerprint density at radius 2 is 1.83 bits per heavy atom. The van der Waals surface area contributed by atoms with Crippen LogP contribution in [0.25, 0.3) is 10.8 Å². The van der Waals surface area contributed by atoms with Gasteiger partial charge in [-0.1, -0.05) is 36.4 Å². The van der Waals surface area contributed by atoms with Crippen molar-refractivity contribution < 1.29 is 14.3 Å². The average molecular weight is 639 g/mol. The number of piperazine rings is 1. The predicted molar refractivity (Wildman–Crippen MR) is 182 cm³/mol. The highest BCUT2D eigenvalue weighted by molar-refractivity contribution is 5.94. The van der Waals surface area contributed by atoms with E-state index in [1.165, 1.54) is 10.8 Å². The molecule has 11 heteroatoms. The molecule has 248 valence electrons. The third kappa shape index (κ3) is 6.84. The van der Waals surface area contributed by atoms with Gasteiger partial charge in [0.25, 0.3) is 0 Å². The number of hydrogen-bond donors (Lipinski definition) is 1. The third-order valence-electron chi connectivity index (χ3n) is 9.35. The number of anilines is 2. The molecule has 1 aromatic heterocycles. The van der Waals surface area contributed by atoms with Crippen molar-refractivity contribution in [3.8, 4) is 6.07 Å². The normalized spacial score (nSPS) is 18.9. The summed E-state index contributed by atoms with van der Waals surface area (Å²) < 4.78 is 5.70. The van der Waals surface area contributed by atoms with Gasteiger partial charge in [-0.25, -0.2) is 14.8 Å². The van der Waals surface area contributed by atoms with Crippen LogP contribution < -0.4 is 15.1 Å². The Morgan fingerprint density at radius 1 is 1.06 bits per heavy atom. The molecule has 3 aliphatic rings. The van der Waals surface area contributed by atoms with Gasteiger partial charge >= 0.3 is 6.09 Å². The second-order valence-electron chi connectivity index (χ2n) is 14.2. The highest BCUT2D eigenvalue weighted by Crippen LogP contribution is 2.48. The smallest absolute Gasteiger partial charge is 0.410 e. The number of aromatic nitrogens is 2. The minimum Gasteiger partial charge on any atom is -0.444 e. The first-order valence-electron chi connectivity index (χ1n) is 16.7. The monoisotopic (exact) mass is 638 g/mol. The Bertz CT molecular complexity index is 1680. The van der Waals surface area contributed by atoms with Crippen LogP contribution in [0.15, 0.2) is 42.5 Å². The Kier molecular flexibility index (Phi) is 8.99. The van der Waals surface area contributed by atoms with Gasteiger partial charge in [-0.15, -0.1) is 0 Å². The van der Waals surface area contributed by atoms with Gasteiger partial charge in [-0.05, 0) is 65.6 Å². The largest absolute Gasteiger partial charge is 0.444 e. The summed E-state index contributed by atoms with van der Waals surface area (Å²) >= 11 is 0. The van der Waals surface area contributed by atoms with Crippen molar-refractivity contribution in [1.82, 2.24) is 25.1 Å². The molecular formula is C36H46N8O3. The van der Waals surface area contributed by atoms with Crippen molar-refractivity contribution in [3.63, 3.8) is 0 Å². The van der Waals surface area contributed by atoms with E-state index >= 15 is 0 Å². The van der Waals surface area contributed by atoms with Crippen LogP contribution in [0.2, 0.25) is 0 Å². The van der Waals surface area contributed by atoms with E-state index in [1.54, 1.807) is 4.90 Å².